The molecule has 3 aromatic rings. The summed E-state index contributed by atoms with van der Waals surface area (Å²) in [7, 11) is 4.51. The minimum atomic E-state index is -0.693. The second-order valence-electron chi connectivity index (χ2n) is 7.76. The lowest BCUT2D eigenvalue weighted by Crippen LogP contribution is -2.31. The topological polar surface area (TPSA) is 86.7 Å². The number of esters is 1. The molecule has 0 bridgehead atoms. The Morgan fingerprint density at radius 2 is 1.63 bits per heavy atom. The van der Waals surface area contributed by atoms with Crippen LogP contribution in [0.1, 0.15) is 33.9 Å². The zero-order valence-corrected chi connectivity index (χ0v) is 19.8. The van der Waals surface area contributed by atoms with Gasteiger partial charge in [-0.1, -0.05) is 48.5 Å². The molecule has 8 heteroatoms. The number of rotatable bonds is 8. The summed E-state index contributed by atoms with van der Waals surface area (Å²) in [6.45, 7) is -0.475. The molecule has 35 heavy (non-hydrogen) atoms. The van der Waals surface area contributed by atoms with Gasteiger partial charge in [0.2, 0.25) is 0 Å². The Hall–Kier alpha value is -4.33. The normalized spacial score (nSPS) is 14.8. The SMILES string of the molecule is COc1ccc([C@H]2CC(c3ccccc3)=NN2C(=O)COC(=O)c2cccc(OC)c2OC)cc1. The molecule has 4 rings (SSSR count). The van der Waals surface area contributed by atoms with Crippen molar-refractivity contribution in [2.75, 3.05) is 27.9 Å². The molecule has 0 saturated heterocycles. The summed E-state index contributed by atoms with van der Waals surface area (Å²) in [6.07, 6.45) is 0.528. The fourth-order valence-corrected chi connectivity index (χ4v) is 3.95. The first-order valence-electron chi connectivity index (χ1n) is 11.0. The van der Waals surface area contributed by atoms with E-state index in [0.29, 0.717) is 12.2 Å². The molecule has 1 heterocycles. The Labute approximate surface area is 203 Å². The fourth-order valence-electron chi connectivity index (χ4n) is 3.95. The van der Waals surface area contributed by atoms with Crippen LogP contribution >= 0.6 is 0 Å². The molecule has 1 amide bonds. The number of nitrogens with zero attached hydrogens (tertiary/aromatic N) is 2. The number of hydrogen-bond donors (Lipinski definition) is 0. The van der Waals surface area contributed by atoms with Crippen LogP contribution in [0, 0.1) is 0 Å². The van der Waals surface area contributed by atoms with E-state index < -0.39 is 18.5 Å². The molecule has 0 aromatic heterocycles. The van der Waals surface area contributed by atoms with Gasteiger partial charge < -0.3 is 18.9 Å². The Kier molecular flexibility index (Phi) is 7.30. The Morgan fingerprint density at radius 3 is 2.29 bits per heavy atom. The zero-order valence-electron chi connectivity index (χ0n) is 19.8. The van der Waals surface area contributed by atoms with Crippen LogP contribution in [0.25, 0.3) is 0 Å². The van der Waals surface area contributed by atoms with Gasteiger partial charge in [-0.3, -0.25) is 4.79 Å². The molecular formula is C27H26N2O6. The van der Waals surface area contributed by atoms with Gasteiger partial charge in [0.05, 0.1) is 33.1 Å². The van der Waals surface area contributed by atoms with Crippen LogP contribution in [0.3, 0.4) is 0 Å². The number of para-hydroxylation sites is 1. The van der Waals surface area contributed by atoms with E-state index in [9.17, 15) is 9.59 Å². The molecule has 3 aromatic carbocycles. The van der Waals surface area contributed by atoms with Gasteiger partial charge in [0.15, 0.2) is 18.1 Å². The highest BCUT2D eigenvalue weighted by Gasteiger charge is 2.33. The fraction of sp³-hybridized carbons (Fsp3) is 0.222. The lowest BCUT2D eigenvalue weighted by Gasteiger charge is -2.22. The number of carbonyl (C=O) groups excluding carboxylic acids is 2. The van der Waals surface area contributed by atoms with Crippen molar-refractivity contribution >= 4 is 17.6 Å². The van der Waals surface area contributed by atoms with Gasteiger partial charge in [-0.05, 0) is 35.4 Å². The first-order chi connectivity index (χ1) is 17.0. The maximum atomic E-state index is 13.2. The highest BCUT2D eigenvalue weighted by Crippen LogP contribution is 2.34. The van der Waals surface area contributed by atoms with Gasteiger partial charge in [-0.15, -0.1) is 0 Å². The van der Waals surface area contributed by atoms with E-state index in [4.69, 9.17) is 18.9 Å². The monoisotopic (exact) mass is 474 g/mol. The van der Waals surface area contributed by atoms with E-state index in [2.05, 4.69) is 5.10 Å². The lowest BCUT2D eigenvalue weighted by molar-refractivity contribution is -0.136. The van der Waals surface area contributed by atoms with Gasteiger partial charge in [0.25, 0.3) is 5.91 Å². The number of hydrogen-bond acceptors (Lipinski definition) is 7. The van der Waals surface area contributed by atoms with Crippen LogP contribution in [-0.2, 0) is 9.53 Å². The summed E-state index contributed by atoms with van der Waals surface area (Å²) < 4.78 is 21.1. The molecule has 0 spiro atoms. The Bertz CT molecular complexity index is 1220. The number of amides is 1. The quantitative estimate of drug-likeness (QED) is 0.454. The van der Waals surface area contributed by atoms with Crippen LogP contribution < -0.4 is 14.2 Å². The smallest absolute Gasteiger partial charge is 0.342 e. The predicted octanol–water partition coefficient (Wildman–Crippen LogP) is 4.25. The molecule has 0 unspecified atom stereocenters. The largest absolute Gasteiger partial charge is 0.497 e. The molecule has 0 N–H and O–H groups in total. The van der Waals surface area contributed by atoms with Gasteiger partial charge in [0, 0.05) is 6.42 Å². The predicted molar refractivity (Wildman–Crippen MR) is 130 cm³/mol. The number of benzene rings is 3. The maximum absolute atomic E-state index is 13.2. The highest BCUT2D eigenvalue weighted by molar-refractivity contribution is 6.03. The summed E-state index contributed by atoms with van der Waals surface area (Å²) in [5.74, 6) is 0.224. The van der Waals surface area contributed by atoms with Crippen LogP contribution in [0.2, 0.25) is 0 Å². The van der Waals surface area contributed by atoms with Gasteiger partial charge in [0.1, 0.15) is 11.3 Å². The third kappa shape index (κ3) is 5.11. The second kappa shape index (κ2) is 10.7. The van der Waals surface area contributed by atoms with Crippen LogP contribution in [0.15, 0.2) is 77.9 Å². The van der Waals surface area contributed by atoms with Crippen molar-refractivity contribution in [3.63, 3.8) is 0 Å². The van der Waals surface area contributed by atoms with E-state index in [0.717, 1.165) is 22.6 Å². The molecule has 0 saturated carbocycles. The number of methoxy groups -OCH3 is 3. The molecule has 0 radical (unpaired) electrons. The molecule has 180 valence electrons. The van der Waals surface area contributed by atoms with E-state index in [1.165, 1.54) is 19.2 Å². The van der Waals surface area contributed by atoms with Crippen LogP contribution in [-0.4, -0.2) is 50.5 Å². The molecule has 1 aliphatic rings. The van der Waals surface area contributed by atoms with Crippen molar-refractivity contribution < 1.29 is 28.5 Å². The molecule has 8 nitrogen and oxygen atoms in total. The summed E-state index contributed by atoms with van der Waals surface area (Å²) >= 11 is 0. The minimum Gasteiger partial charge on any atom is -0.497 e. The number of carbonyl (C=O) groups is 2. The average molecular weight is 475 g/mol. The second-order valence-corrected chi connectivity index (χ2v) is 7.76. The van der Waals surface area contributed by atoms with Crippen molar-refractivity contribution in [3.8, 4) is 17.2 Å². The van der Waals surface area contributed by atoms with Gasteiger partial charge in [-0.2, -0.15) is 5.10 Å². The van der Waals surface area contributed by atoms with Crippen molar-refractivity contribution in [1.82, 2.24) is 5.01 Å². The first kappa shape index (κ1) is 23.8. The maximum Gasteiger partial charge on any atom is 0.342 e. The Balaban J connectivity index is 1.55. The highest BCUT2D eigenvalue weighted by atomic mass is 16.5. The van der Waals surface area contributed by atoms with Gasteiger partial charge >= 0.3 is 5.97 Å². The van der Waals surface area contributed by atoms with Crippen molar-refractivity contribution in [2.45, 2.75) is 12.5 Å². The van der Waals surface area contributed by atoms with Crippen molar-refractivity contribution in [1.29, 1.82) is 0 Å². The molecule has 0 fully saturated rings. The average Bonchev–Trinajstić information content (AvgIpc) is 3.37. The number of hydrazone groups is 1. The van der Waals surface area contributed by atoms with Gasteiger partial charge in [-0.25, -0.2) is 9.80 Å². The number of ether oxygens (including phenoxy) is 4. The Morgan fingerprint density at radius 1 is 0.886 bits per heavy atom. The third-order valence-electron chi connectivity index (χ3n) is 5.72. The summed E-state index contributed by atoms with van der Waals surface area (Å²) in [5.41, 5.74) is 2.77. The van der Waals surface area contributed by atoms with E-state index in [1.807, 2.05) is 54.6 Å². The van der Waals surface area contributed by atoms with E-state index in [1.54, 1.807) is 25.3 Å². The van der Waals surface area contributed by atoms with Crippen LogP contribution in [0.4, 0.5) is 0 Å². The molecule has 1 aliphatic heterocycles. The molecule has 1 atom stereocenters. The summed E-state index contributed by atoms with van der Waals surface area (Å²) in [6, 6.07) is 21.7. The zero-order chi connectivity index (χ0) is 24.8. The summed E-state index contributed by atoms with van der Waals surface area (Å²) in [5, 5.41) is 5.99. The molecule has 0 aliphatic carbocycles. The third-order valence-corrected chi connectivity index (χ3v) is 5.72. The first-order valence-corrected chi connectivity index (χ1v) is 11.0. The lowest BCUT2D eigenvalue weighted by atomic mass is 9.98. The summed E-state index contributed by atoms with van der Waals surface area (Å²) in [4.78, 5) is 25.9. The van der Waals surface area contributed by atoms with Crippen molar-refractivity contribution in [3.05, 3.63) is 89.5 Å². The van der Waals surface area contributed by atoms with Crippen molar-refractivity contribution in [2.24, 2.45) is 5.10 Å². The standard InChI is InChI=1S/C27H26N2O6/c1-32-20-14-12-19(13-15-20)23-16-22(18-8-5-4-6-9-18)28-29(23)25(30)17-35-27(31)21-10-7-11-24(33-2)26(21)34-3/h4-15,23H,16-17H2,1-3H3/t23-/m1/s1. The van der Waals surface area contributed by atoms with E-state index in [-0.39, 0.29) is 17.4 Å². The molecular weight excluding hydrogens is 448 g/mol. The van der Waals surface area contributed by atoms with E-state index >= 15 is 0 Å². The minimum absolute atomic E-state index is 0.168. The van der Waals surface area contributed by atoms with Crippen LogP contribution in [0.5, 0.6) is 17.2 Å².